The number of aromatic nitrogens is 2. The summed E-state index contributed by atoms with van der Waals surface area (Å²) in [6, 6.07) is 10.4. The first-order valence-corrected chi connectivity index (χ1v) is 12.9. The van der Waals surface area contributed by atoms with E-state index >= 15 is 0 Å². The fourth-order valence-corrected chi connectivity index (χ4v) is 5.20. The highest BCUT2D eigenvalue weighted by atomic mass is 35.5. The van der Waals surface area contributed by atoms with Crippen LogP contribution in [0.5, 0.6) is 17.2 Å². The smallest absolute Gasteiger partial charge is 0.257 e. The summed E-state index contributed by atoms with van der Waals surface area (Å²) >= 11 is 6.18. The van der Waals surface area contributed by atoms with Gasteiger partial charge < -0.3 is 19.5 Å². The molecule has 8 nitrogen and oxygen atoms in total. The number of rotatable bonds is 9. The van der Waals surface area contributed by atoms with E-state index in [1.165, 1.54) is 0 Å². The molecule has 1 N–H and O–H groups in total. The predicted molar refractivity (Wildman–Crippen MR) is 132 cm³/mol. The molecule has 1 aliphatic rings. The first-order chi connectivity index (χ1) is 16.4. The first kappa shape index (κ1) is 24.1. The molecule has 0 saturated heterocycles. The Kier molecular flexibility index (Phi) is 7.43. The van der Waals surface area contributed by atoms with Crippen LogP contribution in [0.2, 0.25) is 5.02 Å². The lowest BCUT2D eigenvalue weighted by atomic mass is 10.1. The first-order valence-electron chi connectivity index (χ1n) is 11.0. The van der Waals surface area contributed by atoms with E-state index in [4.69, 9.17) is 25.8 Å². The van der Waals surface area contributed by atoms with Crippen LogP contribution in [0.25, 0.3) is 5.69 Å². The summed E-state index contributed by atoms with van der Waals surface area (Å²) < 4.78 is 31.0. The molecule has 2 aromatic carbocycles. The van der Waals surface area contributed by atoms with Crippen LogP contribution in [-0.4, -0.2) is 39.7 Å². The third kappa shape index (κ3) is 4.90. The standard InChI is InChI=1S/C24H26ClN3O5S/c1-4-31-20-10-15(11-21(32-5-2)22(20)33-6-3)24(29)26-23-18-13-34(30)14-19(18)27-28(23)17-9-7-8-16(25)12-17/h7-12H,4-6,13-14H2,1-3H3,(H,26,29)/t34-/m1/s1. The van der Waals surface area contributed by atoms with Crippen molar-refractivity contribution in [3.63, 3.8) is 0 Å². The highest BCUT2D eigenvalue weighted by Gasteiger charge is 2.29. The monoisotopic (exact) mass is 503 g/mol. The number of benzene rings is 2. The molecular formula is C24H26ClN3O5S. The van der Waals surface area contributed by atoms with E-state index in [9.17, 15) is 9.00 Å². The molecule has 0 spiro atoms. The third-order valence-electron chi connectivity index (χ3n) is 5.13. The number of amides is 1. The minimum absolute atomic E-state index is 0.323. The van der Waals surface area contributed by atoms with Gasteiger partial charge in [0.15, 0.2) is 11.5 Å². The van der Waals surface area contributed by atoms with Gasteiger partial charge in [0.2, 0.25) is 5.75 Å². The number of halogens is 1. The lowest BCUT2D eigenvalue weighted by molar-refractivity contribution is 0.102. The molecule has 1 atom stereocenters. The van der Waals surface area contributed by atoms with Crippen molar-refractivity contribution >= 4 is 34.1 Å². The second-order valence-electron chi connectivity index (χ2n) is 7.45. The number of nitrogens with one attached hydrogen (secondary N) is 1. The molecule has 0 aliphatic carbocycles. The Morgan fingerprint density at radius 3 is 2.35 bits per heavy atom. The normalized spacial score (nSPS) is 14.5. The molecule has 10 heteroatoms. The maximum Gasteiger partial charge on any atom is 0.257 e. The van der Waals surface area contributed by atoms with Crippen LogP contribution in [-0.2, 0) is 22.3 Å². The number of hydrogen-bond donors (Lipinski definition) is 1. The maximum atomic E-state index is 13.4. The summed E-state index contributed by atoms with van der Waals surface area (Å²) in [6.07, 6.45) is 0. The summed E-state index contributed by atoms with van der Waals surface area (Å²) in [5.74, 6) is 2.07. The molecule has 180 valence electrons. The topological polar surface area (TPSA) is 91.7 Å². The fourth-order valence-electron chi connectivity index (χ4n) is 3.75. The van der Waals surface area contributed by atoms with Crippen molar-refractivity contribution < 1.29 is 23.2 Å². The predicted octanol–water partition coefficient (Wildman–Crippen LogP) is 4.74. The molecule has 3 aromatic rings. The van der Waals surface area contributed by atoms with Gasteiger partial charge in [0.25, 0.3) is 5.91 Å². The number of carbonyl (C=O) groups is 1. The van der Waals surface area contributed by atoms with Crippen molar-refractivity contribution in [1.29, 1.82) is 0 Å². The van der Waals surface area contributed by atoms with Gasteiger partial charge in [0.1, 0.15) is 5.82 Å². The van der Waals surface area contributed by atoms with E-state index in [2.05, 4.69) is 10.4 Å². The zero-order valence-electron chi connectivity index (χ0n) is 19.2. The number of anilines is 1. The Labute approximate surface area is 205 Å². The zero-order valence-corrected chi connectivity index (χ0v) is 20.8. The van der Waals surface area contributed by atoms with Gasteiger partial charge in [0.05, 0.1) is 42.7 Å². The van der Waals surface area contributed by atoms with Crippen molar-refractivity contribution in [3.8, 4) is 22.9 Å². The van der Waals surface area contributed by atoms with Crippen LogP contribution in [0, 0.1) is 0 Å². The number of ether oxygens (including phenoxy) is 3. The van der Waals surface area contributed by atoms with Crippen molar-refractivity contribution in [1.82, 2.24) is 9.78 Å². The summed E-state index contributed by atoms with van der Waals surface area (Å²) in [6.45, 7) is 6.81. The molecule has 0 bridgehead atoms. The SMILES string of the molecule is CCOc1cc(C(=O)Nc2c3c(nn2-c2cccc(Cl)c2)C[S@](=O)C3)cc(OCC)c1OCC. The Morgan fingerprint density at radius 1 is 1.06 bits per heavy atom. The Balaban J connectivity index is 1.75. The van der Waals surface area contributed by atoms with Gasteiger partial charge in [-0.05, 0) is 51.1 Å². The molecule has 0 radical (unpaired) electrons. The van der Waals surface area contributed by atoms with Crippen molar-refractivity contribution in [2.75, 3.05) is 25.1 Å². The van der Waals surface area contributed by atoms with E-state index in [1.807, 2.05) is 32.9 Å². The van der Waals surface area contributed by atoms with Gasteiger partial charge in [-0.2, -0.15) is 5.10 Å². The van der Waals surface area contributed by atoms with Crippen molar-refractivity contribution in [2.45, 2.75) is 32.3 Å². The number of fused-ring (bicyclic) bond motifs is 1. The molecule has 34 heavy (non-hydrogen) atoms. The Morgan fingerprint density at radius 2 is 1.74 bits per heavy atom. The van der Waals surface area contributed by atoms with Gasteiger partial charge in [-0.3, -0.25) is 9.00 Å². The van der Waals surface area contributed by atoms with Gasteiger partial charge in [-0.25, -0.2) is 4.68 Å². The molecule has 0 fully saturated rings. The minimum atomic E-state index is -1.05. The quantitative estimate of drug-likeness (QED) is 0.453. The number of hydrogen-bond acceptors (Lipinski definition) is 6. The van der Waals surface area contributed by atoms with Crippen LogP contribution in [0.1, 0.15) is 42.4 Å². The number of nitrogens with zero attached hydrogens (tertiary/aromatic N) is 2. The average molecular weight is 504 g/mol. The van der Waals surface area contributed by atoms with Crippen LogP contribution in [0.15, 0.2) is 36.4 Å². The van der Waals surface area contributed by atoms with E-state index in [0.717, 1.165) is 5.56 Å². The fraction of sp³-hybridized carbons (Fsp3) is 0.333. The molecule has 4 rings (SSSR count). The second kappa shape index (κ2) is 10.5. The lowest BCUT2D eigenvalue weighted by Gasteiger charge is -2.17. The maximum absolute atomic E-state index is 13.4. The number of carbonyl (C=O) groups excluding carboxylic acids is 1. The highest BCUT2D eigenvalue weighted by molar-refractivity contribution is 7.83. The van der Waals surface area contributed by atoms with Crippen molar-refractivity contribution in [2.24, 2.45) is 0 Å². The van der Waals surface area contributed by atoms with Crippen LogP contribution < -0.4 is 19.5 Å². The summed E-state index contributed by atoms with van der Waals surface area (Å²) in [4.78, 5) is 13.4. The van der Waals surface area contributed by atoms with Gasteiger partial charge in [-0.1, -0.05) is 17.7 Å². The van der Waals surface area contributed by atoms with E-state index in [0.29, 0.717) is 76.4 Å². The highest BCUT2D eigenvalue weighted by Crippen LogP contribution is 2.40. The summed E-state index contributed by atoms with van der Waals surface area (Å²) in [5.41, 5.74) is 2.49. The lowest BCUT2D eigenvalue weighted by Crippen LogP contribution is -2.17. The molecule has 1 aliphatic heterocycles. The van der Waals surface area contributed by atoms with Gasteiger partial charge in [0, 0.05) is 26.9 Å². The minimum Gasteiger partial charge on any atom is -0.490 e. The van der Waals surface area contributed by atoms with E-state index < -0.39 is 10.8 Å². The summed E-state index contributed by atoms with van der Waals surface area (Å²) in [5, 5.41) is 8.13. The molecular weight excluding hydrogens is 478 g/mol. The Hall–Kier alpha value is -3.04. The van der Waals surface area contributed by atoms with Gasteiger partial charge in [-0.15, -0.1) is 0 Å². The molecule has 0 unspecified atom stereocenters. The molecule has 1 aromatic heterocycles. The zero-order chi connectivity index (χ0) is 24.2. The van der Waals surface area contributed by atoms with Crippen LogP contribution in [0.3, 0.4) is 0 Å². The molecule has 0 saturated carbocycles. The Bertz CT molecular complexity index is 1220. The van der Waals surface area contributed by atoms with Crippen LogP contribution >= 0.6 is 11.6 Å². The third-order valence-corrected chi connectivity index (χ3v) is 6.57. The van der Waals surface area contributed by atoms with Crippen LogP contribution in [0.4, 0.5) is 5.82 Å². The van der Waals surface area contributed by atoms with Crippen molar-refractivity contribution in [3.05, 3.63) is 58.2 Å². The average Bonchev–Trinajstić information content (AvgIpc) is 3.32. The largest absolute Gasteiger partial charge is 0.490 e. The second-order valence-corrected chi connectivity index (χ2v) is 9.34. The van der Waals surface area contributed by atoms with E-state index in [1.54, 1.807) is 28.9 Å². The molecule has 2 heterocycles. The summed E-state index contributed by atoms with van der Waals surface area (Å²) in [7, 11) is -1.05. The van der Waals surface area contributed by atoms with E-state index in [-0.39, 0.29) is 5.91 Å². The molecule has 1 amide bonds. The van der Waals surface area contributed by atoms with Gasteiger partial charge >= 0.3 is 0 Å².